The number of nitrogens with one attached hydrogen (secondary N) is 1. The number of carbonyl (C=O) groups excluding carboxylic acids is 1. The van der Waals surface area contributed by atoms with E-state index in [1.165, 1.54) is 6.07 Å². The summed E-state index contributed by atoms with van der Waals surface area (Å²) in [5.74, 6) is -0.266. The summed E-state index contributed by atoms with van der Waals surface area (Å²) in [6.45, 7) is 2.93. The van der Waals surface area contributed by atoms with Crippen LogP contribution in [0.15, 0.2) is 52.1 Å². The minimum atomic E-state index is -3.69. The first-order valence-electron chi connectivity index (χ1n) is 8.02. The number of amides is 1. The van der Waals surface area contributed by atoms with Crippen molar-refractivity contribution in [2.45, 2.75) is 30.1 Å². The molecule has 0 aliphatic heterocycles. The van der Waals surface area contributed by atoms with Crippen molar-refractivity contribution in [1.82, 2.24) is 9.62 Å². The Bertz CT molecular complexity index is 762. The molecule has 136 valence electrons. The maximum absolute atomic E-state index is 12.8. The van der Waals surface area contributed by atoms with Gasteiger partial charge >= 0.3 is 0 Å². The van der Waals surface area contributed by atoms with E-state index < -0.39 is 16.1 Å². The smallest absolute Gasteiger partial charge is 0.250 e. The molecule has 0 fully saturated rings. The summed E-state index contributed by atoms with van der Waals surface area (Å²) in [7, 11) is -3.69. The maximum Gasteiger partial charge on any atom is 0.250 e. The largest absolute Gasteiger partial charge is 0.337 e. The number of hydrogen-bond acceptors (Lipinski definition) is 5. The van der Waals surface area contributed by atoms with Gasteiger partial charge in [-0.1, -0.05) is 36.4 Å². The quantitative estimate of drug-likeness (QED) is 0.693. The molecule has 3 N–H and O–H groups in total. The minimum absolute atomic E-state index is 0.198. The molecule has 1 amide bonds. The number of thiophene rings is 1. The van der Waals surface area contributed by atoms with E-state index in [0.29, 0.717) is 26.1 Å². The van der Waals surface area contributed by atoms with E-state index in [0.717, 1.165) is 16.9 Å². The summed E-state index contributed by atoms with van der Waals surface area (Å²) < 4.78 is 27.3. The molecule has 0 saturated heterocycles. The van der Waals surface area contributed by atoms with Gasteiger partial charge in [0.05, 0.1) is 6.04 Å². The van der Waals surface area contributed by atoms with Crippen LogP contribution in [0, 0.1) is 0 Å². The van der Waals surface area contributed by atoms with Gasteiger partial charge in [-0.3, -0.25) is 4.79 Å². The third kappa shape index (κ3) is 5.64. The Morgan fingerprint density at radius 1 is 1.24 bits per heavy atom. The summed E-state index contributed by atoms with van der Waals surface area (Å²) in [6.07, 6.45) is 0.656. The van der Waals surface area contributed by atoms with Crippen LogP contribution in [0.5, 0.6) is 0 Å². The first-order valence-corrected chi connectivity index (χ1v) is 10.4. The zero-order valence-electron chi connectivity index (χ0n) is 14.1. The molecule has 1 heterocycles. The van der Waals surface area contributed by atoms with Gasteiger partial charge in [-0.05, 0) is 36.9 Å². The molecule has 6 nitrogen and oxygen atoms in total. The van der Waals surface area contributed by atoms with Crippen LogP contribution in [0.25, 0.3) is 0 Å². The Kier molecular flexibility index (Phi) is 7.12. The summed E-state index contributed by atoms with van der Waals surface area (Å²) in [5, 5.41) is 1.68. The van der Waals surface area contributed by atoms with Gasteiger partial charge in [0.15, 0.2) is 0 Å². The van der Waals surface area contributed by atoms with E-state index in [1.54, 1.807) is 23.3 Å². The Morgan fingerprint density at radius 2 is 1.96 bits per heavy atom. The molecule has 2 aromatic rings. The average molecular weight is 382 g/mol. The molecule has 1 unspecified atom stereocenters. The Hall–Kier alpha value is -1.74. The van der Waals surface area contributed by atoms with Crippen LogP contribution in [0.3, 0.4) is 0 Å². The molecule has 1 atom stereocenters. The van der Waals surface area contributed by atoms with Crippen molar-refractivity contribution in [3.63, 3.8) is 0 Å². The van der Waals surface area contributed by atoms with E-state index in [4.69, 9.17) is 5.73 Å². The van der Waals surface area contributed by atoms with Gasteiger partial charge in [0.25, 0.3) is 10.0 Å². The Balaban J connectivity index is 2.09. The van der Waals surface area contributed by atoms with Gasteiger partial charge in [0.2, 0.25) is 5.91 Å². The molecule has 2 rings (SSSR count). The van der Waals surface area contributed by atoms with Crippen LogP contribution in [0.2, 0.25) is 0 Å². The molecule has 25 heavy (non-hydrogen) atoms. The molecule has 0 radical (unpaired) electrons. The van der Waals surface area contributed by atoms with Crippen LogP contribution < -0.4 is 10.5 Å². The highest BCUT2D eigenvalue weighted by molar-refractivity contribution is 7.91. The van der Waals surface area contributed by atoms with Gasteiger partial charge < -0.3 is 10.6 Å². The molecule has 0 aliphatic carbocycles. The number of nitrogens with two attached hydrogens (primary N) is 1. The van der Waals surface area contributed by atoms with Gasteiger partial charge in [-0.15, -0.1) is 11.3 Å². The van der Waals surface area contributed by atoms with Crippen molar-refractivity contribution >= 4 is 27.3 Å². The van der Waals surface area contributed by atoms with E-state index in [-0.39, 0.29) is 10.1 Å². The van der Waals surface area contributed by atoms with Gasteiger partial charge in [0, 0.05) is 13.1 Å². The highest BCUT2D eigenvalue weighted by Crippen LogP contribution is 2.16. The van der Waals surface area contributed by atoms with Crippen molar-refractivity contribution in [1.29, 1.82) is 0 Å². The standard InChI is InChI=1S/C17H23N3O3S2/c1-14(19-25(22,23)16-9-5-12-24-16)17(21)20(11-6-10-18)13-15-7-3-2-4-8-15/h2-5,7-9,12,14,19H,6,10-11,13,18H2,1H3. The van der Waals surface area contributed by atoms with Crippen molar-refractivity contribution in [3.8, 4) is 0 Å². The molecule has 0 spiro atoms. The predicted octanol–water partition coefficient (Wildman–Crippen LogP) is 1.79. The van der Waals surface area contributed by atoms with E-state index >= 15 is 0 Å². The Labute approximate surface area is 152 Å². The molecule has 8 heteroatoms. The summed E-state index contributed by atoms with van der Waals surface area (Å²) in [4.78, 5) is 14.4. The number of benzene rings is 1. The highest BCUT2D eigenvalue weighted by Gasteiger charge is 2.26. The fourth-order valence-corrected chi connectivity index (χ4v) is 4.59. The lowest BCUT2D eigenvalue weighted by molar-refractivity contribution is -0.133. The molecule has 0 aliphatic rings. The molecule has 1 aromatic carbocycles. The first-order chi connectivity index (χ1) is 11.9. The third-order valence-corrected chi connectivity index (χ3v) is 6.56. The van der Waals surface area contributed by atoms with Crippen molar-refractivity contribution in [2.75, 3.05) is 13.1 Å². The monoisotopic (exact) mass is 381 g/mol. The van der Waals surface area contributed by atoms with Gasteiger partial charge in [0.1, 0.15) is 4.21 Å². The van der Waals surface area contributed by atoms with Gasteiger partial charge in [-0.2, -0.15) is 4.72 Å². The van der Waals surface area contributed by atoms with Crippen LogP contribution in [0.1, 0.15) is 18.9 Å². The fourth-order valence-electron chi connectivity index (χ4n) is 2.38. The molecule has 0 saturated carbocycles. The van der Waals surface area contributed by atoms with Crippen molar-refractivity contribution in [2.24, 2.45) is 5.73 Å². The van der Waals surface area contributed by atoms with Crippen LogP contribution in [0.4, 0.5) is 0 Å². The zero-order chi connectivity index (χ0) is 18.3. The van der Waals surface area contributed by atoms with Crippen molar-refractivity contribution < 1.29 is 13.2 Å². The summed E-state index contributed by atoms with van der Waals surface area (Å²) in [5.41, 5.74) is 6.55. The van der Waals surface area contributed by atoms with E-state index in [9.17, 15) is 13.2 Å². The second-order valence-corrected chi connectivity index (χ2v) is 8.55. The Morgan fingerprint density at radius 3 is 2.56 bits per heavy atom. The minimum Gasteiger partial charge on any atom is -0.337 e. The fraction of sp³-hybridized carbons (Fsp3) is 0.353. The highest BCUT2D eigenvalue weighted by atomic mass is 32.2. The number of sulfonamides is 1. The predicted molar refractivity (Wildman–Crippen MR) is 99.6 cm³/mol. The molecular weight excluding hydrogens is 358 g/mol. The maximum atomic E-state index is 12.8. The molecule has 0 bridgehead atoms. The van der Waals surface area contributed by atoms with Crippen molar-refractivity contribution in [3.05, 3.63) is 53.4 Å². The molecule has 1 aromatic heterocycles. The van der Waals surface area contributed by atoms with E-state index in [1.807, 2.05) is 30.3 Å². The summed E-state index contributed by atoms with van der Waals surface area (Å²) >= 11 is 1.12. The second-order valence-electron chi connectivity index (χ2n) is 5.66. The lowest BCUT2D eigenvalue weighted by Gasteiger charge is -2.26. The van der Waals surface area contributed by atoms with Crippen LogP contribution in [-0.2, 0) is 21.4 Å². The average Bonchev–Trinajstić information content (AvgIpc) is 3.14. The van der Waals surface area contributed by atoms with Crippen LogP contribution >= 0.6 is 11.3 Å². The third-order valence-electron chi connectivity index (χ3n) is 3.62. The second kappa shape index (κ2) is 9.10. The van der Waals surface area contributed by atoms with Crippen LogP contribution in [-0.4, -0.2) is 38.4 Å². The first kappa shape index (κ1) is 19.6. The SMILES string of the molecule is CC(NS(=O)(=O)c1cccs1)C(=O)N(CCCN)Cc1ccccc1. The normalized spacial score (nSPS) is 12.7. The number of carbonyl (C=O) groups is 1. The van der Waals surface area contributed by atoms with E-state index in [2.05, 4.69) is 4.72 Å². The lowest BCUT2D eigenvalue weighted by Crippen LogP contribution is -2.47. The number of nitrogens with zero attached hydrogens (tertiary/aromatic N) is 1. The topological polar surface area (TPSA) is 92.5 Å². The van der Waals surface area contributed by atoms with Gasteiger partial charge in [-0.25, -0.2) is 8.42 Å². The lowest BCUT2D eigenvalue weighted by atomic mass is 10.2. The number of rotatable bonds is 9. The number of hydrogen-bond donors (Lipinski definition) is 2. The summed E-state index contributed by atoms with van der Waals surface area (Å²) in [6, 6.07) is 11.9. The zero-order valence-corrected chi connectivity index (χ0v) is 15.7. The molecular formula is C17H23N3O3S2.